The third-order valence-corrected chi connectivity index (χ3v) is 5.70. The Kier molecular flexibility index (Phi) is 4.33. The number of carbonyl (C=O) groups is 2. The standard InChI is InChI=1S/C18H22N4O2S/c1-11-19-15-9-14(6-7-16(15)25-11)20-17(23)12-3-2-8-22(10-12)18(24)21-13-4-5-13/h6-7,9,12-13H,2-5,8,10H2,1H3,(H,20,23)(H,21,24). The number of piperidine rings is 1. The Morgan fingerprint density at radius 2 is 2.12 bits per heavy atom. The van der Waals surface area contributed by atoms with Crippen LogP contribution in [0.15, 0.2) is 18.2 Å². The van der Waals surface area contributed by atoms with Gasteiger partial charge in [0.2, 0.25) is 5.91 Å². The molecule has 6 nitrogen and oxygen atoms in total. The zero-order valence-electron chi connectivity index (χ0n) is 14.2. The molecule has 132 valence electrons. The van der Waals surface area contributed by atoms with Crippen LogP contribution in [0.2, 0.25) is 0 Å². The lowest BCUT2D eigenvalue weighted by atomic mass is 9.97. The van der Waals surface area contributed by atoms with Gasteiger partial charge >= 0.3 is 6.03 Å². The molecule has 1 aliphatic heterocycles. The second-order valence-corrected chi connectivity index (χ2v) is 8.15. The molecule has 4 rings (SSSR count). The maximum atomic E-state index is 12.6. The quantitative estimate of drug-likeness (QED) is 0.885. The number of hydrogen-bond acceptors (Lipinski definition) is 4. The van der Waals surface area contributed by atoms with Crippen molar-refractivity contribution in [3.05, 3.63) is 23.2 Å². The van der Waals surface area contributed by atoms with E-state index in [9.17, 15) is 9.59 Å². The van der Waals surface area contributed by atoms with E-state index in [1.165, 1.54) is 0 Å². The maximum absolute atomic E-state index is 12.6. The van der Waals surface area contributed by atoms with E-state index in [-0.39, 0.29) is 17.9 Å². The van der Waals surface area contributed by atoms with Crippen LogP contribution in [0.25, 0.3) is 10.2 Å². The number of aryl methyl sites for hydroxylation is 1. The molecule has 1 saturated carbocycles. The lowest BCUT2D eigenvalue weighted by Crippen LogP contribution is -2.48. The molecule has 3 amide bonds. The van der Waals surface area contributed by atoms with Crippen molar-refractivity contribution in [1.82, 2.24) is 15.2 Å². The zero-order valence-corrected chi connectivity index (χ0v) is 15.1. The lowest BCUT2D eigenvalue weighted by Gasteiger charge is -2.32. The molecule has 2 fully saturated rings. The highest BCUT2D eigenvalue weighted by Gasteiger charge is 2.31. The second kappa shape index (κ2) is 6.63. The van der Waals surface area contributed by atoms with Crippen molar-refractivity contribution in [3.8, 4) is 0 Å². The number of rotatable bonds is 3. The number of aromatic nitrogens is 1. The van der Waals surface area contributed by atoms with Gasteiger partial charge in [-0.05, 0) is 50.8 Å². The van der Waals surface area contributed by atoms with Gasteiger partial charge in [0.25, 0.3) is 0 Å². The summed E-state index contributed by atoms with van der Waals surface area (Å²) in [5, 5.41) is 7.01. The first-order valence-electron chi connectivity index (χ1n) is 8.82. The van der Waals surface area contributed by atoms with Gasteiger partial charge in [-0.25, -0.2) is 9.78 Å². The first-order chi connectivity index (χ1) is 12.1. The average Bonchev–Trinajstić information content (AvgIpc) is 3.33. The summed E-state index contributed by atoms with van der Waals surface area (Å²) in [6.07, 6.45) is 3.82. The largest absolute Gasteiger partial charge is 0.335 e. The van der Waals surface area contributed by atoms with Gasteiger partial charge in [-0.3, -0.25) is 4.79 Å². The van der Waals surface area contributed by atoms with Crippen LogP contribution in [0.1, 0.15) is 30.7 Å². The van der Waals surface area contributed by atoms with Crippen molar-refractivity contribution in [1.29, 1.82) is 0 Å². The van der Waals surface area contributed by atoms with Gasteiger partial charge in [0.05, 0.1) is 21.1 Å². The topological polar surface area (TPSA) is 74.3 Å². The number of nitrogens with zero attached hydrogens (tertiary/aromatic N) is 2. The van der Waals surface area contributed by atoms with Crippen molar-refractivity contribution < 1.29 is 9.59 Å². The van der Waals surface area contributed by atoms with Crippen LogP contribution in [-0.4, -0.2) is 41.0 Å². The number of thiazole rings is 1. The Hall–Kier alpha value is -2.15. The summed E-state index contributed by atoms with van der Waals surface area (Å²) in [5.74, 6) is -0.179. The highest BCUT2D eigenvalue weighted by atomic mass is 32.1. The molecule has 7 heteroatoms. The minimum absolute atomic E-state index is 0.0183. The van der Waals surface area contributed by atoms with Crippen molar-refractivity contribution in [2.45, 2.75) is 38.6 Å². The summed E-state index contributed by atoms with van der Waals surface area (Å²) >= 11 is 1.65. The highest BCUT2D eigenvalue weighted by molar-refractivity contribution is 7.18. The van der Waals surface area contributed by atoms with Crippen molar-refractivity contribution >= 4 is 39.2 Å². The van der Waals surface area contributed by atoms with Gasteiger partial charge < -0.3 is 15.5 Å². The maximum Gasteiger partial charge on any atom is 0.317 e. The molecule has 0 radical (unpaired) electrons. The Balaban J connectivity index is 1.39. The van der Waals surface area contributed by atoms with E-state index in [2.05, 4.69) is 15.6 Å². The summed E-state index contributed by atoms with van der Waals surface area (Å²) in [6.45, 7) is 3.20. The van der Waals surface area contributed by atoms with Crippen LogP contribution in [-0.2, 0) is 4.79 Å². The second-order valence-electron chi connectivity index (χ2n) is 6.91. The Morgan fingerprint density at radius 3 is 2.92 bits per heavy atom. The fourth-order valence-corrected chi connectivity index (χ4v) is 4.04. The molecule has 1 aliphatic carbocycles. The summed E-state index contributed by atoms with van der Waals surface area (Å²) < 4.78 is 1.12. The molecule has 0 bridgehead atoms. The van der Waals surface area contributed by atoms with E-state index in [4.69, 9.17) is 0 Å². The molecule has 2 N–H and O–H groups in total. The third-order valence-electron chi connectivity index (χ3n) is 4.75. The van der Waals surface area contributed by atoms with Crippen LogP contribution in [0.3, 0.4) is 0 Å². The van der Waals surface area contributed by atoms with E-state index in [1.54, 1.807) is 16.2 Å². The number of nitrogens with one attached hydrogen (secondary N) is 2. The molecule has 2 aromatic rings. The van der Waals surface area contributed by atoms with Crippen LogP contribution in [0.5, 0.6) is 0 Å². The van der Waals surface area contributed by atoms with E-state index >= 15 is 0 Å². The fourth-order valence-electron chi connectivity index (χ4n) is 3.23. The first kappa shape index (κ1) is 16.3. The number of urea groups is 1. The molecule has 1 saturated heterocycles. The van der Waals surface area contributed by atoms with E-state index in [0.29, 0.717) is 12.6 Å². The Bertz CT molecular complexity index is 815. The van der Waals surface area contributed by atoms with E-state index in [0.717, 1.165) is 53.1 Å². The van der Waals surface area contributed by atoms with Crippen LogP contribution in [0, 0.1) is 12.8 Å². The zero-order chi connectivity index (χ0) is 17.4. The van der Waals surface area contributed by atoms with Crippen LogP contribution in [0.4, 0.5) is 10.5 Å². The van der Waals surface area contributed by atoms with Crippen molar-refractivity contribution in [3.63, 3.8) is 0 Å². The van der Waals surface area contributed by atoms with Gasteiger partial charge in [0.15, 0.2) is 0 Å². The summed E-state index contributed by atoms with van der Waals surface area (Å²) in [4.78, 5) is 31.1. The molecule has 1 unspecified atom stereocenters. The monoisotopic (exact) mass is 358 g/mol. The number of hydrogen-bond donors (Lipinski definition) is 2. The molecule has 1 atom stereocenters. The lowest BCUT2D eigenvalue weighted by molar-refractivity contribution is -0.121. The molecule has 1 aromatic carbocycles. The number of benzene rings is 1. The summed E-state index contributed by atoms with van der Waals surface area (Å²) in [6, 6.07) is 6.13. The van der Waals surface area contributed by atoms with Crippen LogP contribution >= 0.6 is 11.3 Å². The molecule has 1 aromatic heterocycles. The van der Waals surface area contributed by atoms with Gasteiger partial charge in [0, 0.05) is 24.8 Å². The molecule has 25 heavy (non-hydrogen) atoms. The summed E-state index contributed by atoms with van der Waals surface area (Å²) in [7, 11) is 0. The fraction of sp³-hybridized carbons (Fsp3) is 0.500. The third kappa shape index (κ3) is 3.76. The normalized spacial score (nSPS) is 20.5. The number of anilines is 1. The molecule has 2 aliphatic rings. The number of carbonyl (C=O) groups excluding carboxylic acids is 2. The Labute approximate surface area is 150 Å². The van der Waals surface area contributed by atoms with Gasteiger partial charge in [0.1, 0.15) is 0 Å². The number of likely N-dealkylation sites (tertiary alicyclic amines) is 1. The predicted molar refractivity (Wildman–Crippen MR) is 98.8 cm³/mol. The molecular formula is C18H22N4O2S. The first-order valence-corrected chi connectivity index (χ1v) is 9.63. The summed E-state index contributed by atoms with van der Waals surface area (Å²) in [5.41, 5.74) is 1.68. The number of amides is 3. The minimum Gasteiger partial charge on any atom is -0.335 e. The van der Waals surface area contributed by atoms with Gasteiger partial charge in [-0.1, -0.05) is 0 Å². The average molecular weight is 358 g/mol. The number of fused-ring (bicyclic) bond motifs is 1. The minimum atomic E-state index is -0.161. The van der Waals surface area contributed by atoms with Gasteiger partial charge in [-0.15, -0.1) is 11.3 Å². The molecule has 0 spiro atoms. The van der Waals surface area contributed by atoms with Gasteiger partial charge in [-0.2, -0.15) is 0 Å². The van der Waals surface area contributed by atoms with Crippen molar-refractivity contribution in [2.75, 3.05) is 18.4 Å². The molecule has 2 heterocycles. The Morgan fingerprint density at radius 1 is 1.28 bits per heavy atom. The van der Waals surface area contributed by atoms with Crippen LogP contribution < -0.4 is 10.6 Å². The smallest absolute Gasteiger partial charge is 0.317 e. The predicted octanol–water partition coefficient (Wildman–Crippen LogP) is 3.13. The molecular weight excluding hydrogens is 336 g/mol. The van der Waals surface area contributed by atoms with E-state index in [1.807, 2.05) is 25.1 Å². The van der Waals surface area contributed by atoms with Crippen molar-refractivity contribution in [2.24, 2.45) is 5.92 Å². The highest BCUT2D eigenvalue weighted by Crippen LogP contribution is 2.26. The SMILES string of the molecule is Cc1nc2cc(NC(=O)C3CCCN(C(=O)NC4CC4)C3)ccc2s1. The van der Waals surface area contributed by atoms with E-state index < -0.39 is 0 Å².